The van der Waals surface area contributed by atoms with Gasteiger partial charge in [-0.15, -0.1) is 0 Å². The van der Waals surface area contributed by atoms with E-state index in [1.807, 2.05) is 11.8 Å². The molecule has 1 N–H and O–H groups in total. The second-order valence-electron chi connectivity index (χ2n) is 4.67. The molecule has 4 heteroatoms. The molecule has 2 aliphatic rings. The first-order chi connectivity index (χ1) is 7.18. The highest BCUT2D eigenvalue weighted by Gasteiger charge is 2.33. The van der Waals surface area contributed by atoms with E-state index in [4.69, 9.17) is 4.74 Å². The number of carbonyl (C=O) groups excluding carboxylic acids is 1. The third-order valence-electron chi connectivity index (χ3n) is 3.30. The summed E-state index contributed by atoms with van der Waals surface area (Å²) >= 11 is 0. The number of morpholine rings is 1. The lowest BCUT2D eigenvalue weighted by atomic mass is 10.1. The van der Waals surface area contributed by atoms with Crippen LogP contribution in [0.2, 0.25) is 0 Å². The molecule has 15 heavy (non-hydrogen) atoms. The molecule has 0 radical (unpaired) electrons. The summed E-state index contributed by atoms with van der Waals surface area (Å²) in [6.07, 6.45) is 1.16. The number of nitrogens with zero attached hydrogens (tertiary/aromatic N) is 1. The quantitative estimate of drug-likeness (QED) is 0.676. The van der Waals surface area contributed by atoms with Gasteiger partial charge in [0.15, 0.2) is 0 Å². The van der Waals surface area contributed by atoms with Crippen molar-refractivity contribution in [2.45, 2.75) is 32.4 Å². The van der Waals surface area contributed by atoms with Gasteiger partial charge in [-0.25, -0.2) is 0 Å². The second kappa shape index (κ2) is 4.49. The fourth-order valence-electron chi connectivity index (χ4n) is 2.31. The average Bonchev–Trinajstić information content (AvgIpc) is 2.74. The number of ether oxygens (including phenoxy) is 1. The van der Waals surface area contributed by atoms with Crippen LogP contribution in [0.15, 0.2) is 0 Å². The van der Waals surface area contributed by atoms with Crippen LogP contribution in [-0.4, -0.2) is 49.2 Å². The molecule has 0 bridgehead atoms. The molecule has 3 atom stereocenters. The molecule has 0 spiro atoms. The molecule has 0 aromatic carbocycles. The lowest BCUT2D eigenvalue weighted by Gasteiger charge is -2.38. The summed E-state index contributed by atoms with van der Waals surface area (Å²) in [6, 6.07) is 0.231. The number of nitrogens with one attached hydrogen (secondary N) is 1. The monoisotopic (exact) mass is 212 g/mol. The van der Waals surface area contributed by atoms with Crippen LogP contribution in [0.5, 0.6) is 0 Å². The normalized spacial score (nSPS) is 36.9. The van der Waals surface area contributed by atoms with Gasteiger partial charge in [-0.2, -0.15) is 0 Å². The van der Waals surface area contributed by atoms with E-state index in [1.165, 1.54) is 0 Å². The van der Waals surface area contributed by atoms with Gasteiger partial charge in [-0.1, -0.05) is 0 Å². The zero-order chi connectivity index (χ0) is 10.8. The molecule has 2 aliphatic heterocycles. The fraction of sp³-hybridized carbons (Fsp3) is 0.909. The van der Waals surface area contributed by atoms with Crippen molar-refractivity contribution in [2.75, 3.05) is 26.2 Å². The highest BCUT2D eigenvalue weighted by Crippen LogP contribution is 2.18. The molecule has 1 amide bonds. The van der Waals surface area contributed by atoms with E-state index < -0.39 is 0 Å². The Morgan fingerprint density at radius 2 is 2.27 bits per heavy atom. The SMILES string of the molecule is CC1CN(C(=O)[C@H]2CCNC2)C(C)CO1. The van der Waals surface area contributed by atoms with E-state index in [0.29, 0.717) is 12.5 Å². The van der Waals surface area contributed by atoms with Crippen LogP contribution in [-0.2, 0) is 9.53 Å². The van der Waals surface area contributed by atoms with Crippen LogP contribution in [0.1, 0.15) is 20.3 Å². The highest BCUT2D eigenvalue weighted by atomic mass is 16.5. The van der Waals surface area contributed by atoms with Crippen LogP contribution < -0.4 is 5.32 Å². The maximum absolute atomic E-state index is 12.2. The first-order valence-electron chi connectivity index (χ1n) is 5.81. The third kappa shape index (κ3) is 2.32. The van der Waals surface area contributed by atoms with Crippen molar-refractivity contribution in [1.29, 1.82) is 0 Å². The van der Waals surface area contributed by atoms with Crippen molar-refractivity contribution in [1.82, 2.24) is 10.2 Å². The van der Waals surface area contributed by atoms with E-state index in [1.54, 1.807) is 0 Å². The Hall–Kier alpha value is -0.610. The molecule has 2 unspecified atom stereocenters. The maximum Gasteiger partial charge on any atom is 0.227 e. The molecule has 2 fully saturated rings. The van der Waals surface area contributed by atoms with Crippen molar-refractivity contribution in [3.63, 3.8) is 0 Å². The lowest BCUT2D eigenvalue weighted by Crippen LogP contribution is -2.52. The van der Waals surface area contributed by atoms with Gasteiger partial charge in [-0.3, -0.25) is 4.79 Å². The maximum atomic E-state index is 12.2. The Kier molecular flexibility index (Phi) is 3.26. The Balaban J connectivity index is 1.97. The van der Waals surface area contributed by atoms with Crippen molar-refractivity contribution in [2.24, 2.45) is 5.92 Å². The van der Waals surface area contributed by atoms with Gasteiger partial charge >= 0.3 is 0 Å². The predicted octanol–water partition coefficient (Wildman–Crippen LogP) is 0.232. The molecule has 2 saturated heterocycles. The number of hydrogen-bond acceptors (Lipinski definition) is 3. The topological polar surface area (TPSA) is 41.6 Å². The summed E-state index contributed by atoms with van der Waals surface area (Å²) in [5.41, 5.74) is 0. The Labute approximate surface area is 91.0 Å². The molecule has 0 aromatic heterocycles. The zero-order valence-corrected chi connectivity index (χ0v) is 9.53. The van der Waals surface area contributed by atoms with Gasteiger partial charge in [0.25, 0.3) is 0 Å². The largest absolute Gasteiger partial charge is 0.375 e. The van der Waals surface area contributed by atoms with Gasteiger partial charge in [0.1, 0.15) is 0 Å². The van der Waals surface area contributed by atoms with Gasteiger partial charge in [0, 0.05) is 13.1 Å². The summed E-state index contributed by atoms with van der Waals surface area (Å²) in [7, 11) is 0. The summed E-state index contributed by atoms with van der Waals surface area (Å²) in [6.45, 7) is 7.33. The van der Waals surface area contributed by atoms with Crippen LogP contribution >= 0.6 is 0 Å². The zero-order valence-electron chi connectivity index (χ0n) is 9.53. The number of hydrogen-bond donors (Lipinski definition) is 1. The van der Waals surface area contributed by atoms with E-state index >= 15 is 0 Å². The van der Waals surface area contributed by atoms with Gasteiger partial charge in [-0.05, 0) is 26.8 Å². The molecule has 0 saturated carbocycles. The predicted molar refractivity (Wildman–Crippen MR) is 57.6 cm³/mol. The van der Waals surface area contributed by atoms with Gasteiger partial charge in [0.05, 0.1) is 24.7 Å². The van der Waals surface area contributed by atoms with Crippen molar-refractivity contribution >= 4 is 5.91 Å². The number of amides is 1. The molecule has 4 nitrogen and oxygen atoms in total. The van der Waals surface area contributed by atoms with Crippen LogP contribution in [0, 0.1) is 5.92 Å². The lowest BCUT2D eigenvalue weighted by molar-refractivity contribution is -0.146. The Morgan fingerprint density at radius 3 is 2.93 bits per heavy atom. The standard InChI is InChI=1S/C11H20N2O2/c1-8-7-15-9(2)6-13(8)11(14)10-3-4-12-5-10/h8-10,12H,3-7H2,1-2H3/t8?,9?,10-/m0/s1. The molecule has 0 aromatic rings. The summed E-state index contributed by atoms with van der Waals surface area (Å²) in [5, 5.41) is 3.24. The molecule has 2 heterocycles. The first kappa shape index (κ1) is 10.9. The van der Waals surface area contributed by atoms with E-state index in [9.17, 15) is 4.79 Å². The first-order valence-corrected chi connectivity index (χ1v) is 5.81. The van der Waals surface area contributed by atoms with E-state index in [0.717, 1.165) is 26.1 Å². The van der Waals surface area contributed by atoms with Crippen LogP contribution in [0.4, 0.5) is 0 Å². The molecular formula is C11H20N2O2. The third-order valence-corrected chi connectivity index (χ3v) is 3.30. The molecular weight excluding hydrogens is 192 g/mol. The highest BCUT2D eigenvalue weighted by molar-refractivity contribution is 5.79. The average molecular weight is 212 g/mol. The second-order valence-corrected chi connectivity index (χ2v) is 4.67. The smallest absolute Gasteiger partial charge is 0.227 e. The minimum Gasteiger partial charge on any atom is -0.375 e. The Bertz CT molecular complexity index is 239. The summed E-state index contributed by atoms with van der Waals surface area (Å²) in [5.74, 6) is 0.500. The van der Waals surface area contributed by atoms with Crippen molar-refractivity contribution in [3.05, 3.63) is 0 Å². The van der Waals surface area contributed by atoms with E-state index in [2.05, 4.69) is 12.2 Å². The Morgan fingerprint density at radius 1 is 1.47 bits per heavy atom. The molecule has 86 valence electrons. The van der Waals surface area contributed by atoms with Crippen LogP contribution in [0.25, 0.3) is 0 Å². The summed E-state index contributed by atoms with van der Waals surface area (Å²) in [4.78, 5) is 14.2. The minimum absolute atomic E-state index is 0.180. The molecule has 2 rings (SSSR count). The van der Waals surface area contributed by atoms with Crippen LogP contribution in [0.3, 0.4) is 0 Å². The van der Waals surface area contributed by atoms with Crippen molar-refractivity contribution < 1.29 is 9.53 Å². The number of carbonyl (C=O) groups is 1. The molecule has 0 aliphatic carbocycles. The van der Waals surface area contributed by atoms with Gasteiger partial charge < -0.3 is 15.0 Å². The minimum atomic E-state index is 0.180. The van der Waals surface area contributed by atoms with Gasteiger partial charge in [0.2, 0.25) is 5.91 Å². The van der Waals surface area contributed by atoms with E-state index in [-0.39, 0.29) is 18.1 Å². The number of rotatable bonds is 1. The van der Waals surface area contributed by atoms with Crippen molar-refractivity contribution in [3.8, 4) is 0 Å². The summed E-state index contributed by atoms with van der Waals surface area (Å²) < 4.78 is 5.52. The fourth-order valence-corrected chi connectivity index (χ4v) is 2.31.